The van der Waals surface area contributed by atoms with Crippen LogP contribution in [0.5, 0.6) is 11.5 Å². The number of fused-ring (bicyclic) bond motifs is 1. The average molecular weight is 643 g/mol. The van der Waals surface area contributed by atoms with Crippen molar-refractivity contribution in [2.75, 3.05) is 89.4 Å². The van der Waals surface area contributed by atoms with E-state index >= 15 is 0 Å². The van der Waals surface area contributed by atoms with Gasteiger partial charge < -0.3 is 29.9 Å². The van der Waals surface area contributed by atoms with Gasteiger partial charge in [-0.3, -0.25) is 9.88 Å². The maximum absolute atomic E-state index is 5.92. The number of piperazine rings is 1. The molecule has 2 saturated heterocycles. The molecule has 46 heavy (non-hydrogen) atoms. The number of likely N-dealkylation sites (N-methyl/N-ethyl adjacent to an activating group) is 1. The van der Waals surface area contributed by atoms with E-state index in [9.17, 15) is 0 Å². The summed E-state index contributed by atoms with van der Waals surface area (Å²) in [7, 11) is 5.15. The van der Waals surface area contributed by atoms with Gasteiger partial charge in [0.25, 0.3) is 0 Å². The first-order valence-corrected chi connectivity index (χ1v) is 18.5. The average Bonchev–Trinajstić information content (AvgIpc) is 3.08. The summed E-state index contributed by atoms with van der Waals surface area (Å²) in [6.07, 6.45) is 6.88. The molecule has 0 unspecified atom stereocenters. The first-order chi connectivity index (χ1) is 22.4. The van der Waals surface area contributed by atoms with Crippen LogP contribution < -0.4 is 30.3 Å². The molecule has 2 fully saturated rings. The fourth-order valence-corrected chi connectivity index (χ4v) is 8.00. The van der Waals surface area contributed by atoms with E-state index in [1.807, 2.05) is 12.3 Å². The van der Waals surface area contributed by atoms with Gasteiger partial charge in [-0.25, -0.2) is 4.98 Å². The van der Waals surface area contributed by atoms with E-state index in [2.05, 4.69) is 88.0 Å². The van der Waals surface area contributed by atoms with Crippen LogP contribution in [0.3, 0.4) is 0 Å². The molecule has 0 aliphatic carbocycles. The third-order valence-electron chi connectivity index (χ3n) is 9.31. The van der Waals surface area contributed by atoms with Crippen LogP contribution in [0.15, 0.2) is 48.8 Å². The third kappa shape index (κ3) is 6.85. The minimum Gasteiger partial charge on any atom is -0.494 e. The Hall–Kier alpha value is -3.72. The minimum atomic E-state index is -0.430. The number of benzene rings is 2. The second-order valence-corrected chi connectivity index (χ2v) is 14.6. The quantitative estimate of drug-likeness (QED) is 0.211. The molecule has 0 spiro atoms. The molecule has 244 valence electrons. The molecule has 0 saturated carbocycles. The summed E-state index contributed by atoms with van der Waals surface area (Å²) in [5, 5.41) is 9.35. The van der Waals surface area contributed by atoms with Crippen LogP contribution in [-0.4, -0.2) is 105 Å². The standard InChI is InChI=1S/C35H47N8O2P/c1-7-24-20-28(31(44-3)21-30(24)43-14-12-25(13-15-43)42-18-16-41(2)17-19-42)39-35-37-23-32(45-4)34(40-35)38-29-22-36-27-11-9-8-10-26(27)33(29)46(5)6/h8-11,20-23,25H,7,12-19H2,1-6H3,(H2,37,38,39,40). The van der Waals surface area contributed by atoms with Crippen LogP contribution in [0.25, 0.3) is 10.9 Å². The molecular weight excluding hydrogens is 595 g/mol. The number of aryl methyl sites for hydroxylation is 1. The van der Waals surface area contributed by atoms with Gasteiger partial charge in [0.2, 0.25) is 5.95 Å². The van der Waals surface area contributed by atoms with Crippen molar-refractivity contribution in [2.24, 2.45) is 0 Å². The summed E-state index contributed by atoms with van der Waals surface area (Å²) in [6.45, 7) is 13.5. The lowest BCUT2D eigenvalue weighted by Gasteiger charge is -2.43. The lowest BCUT2D eigenvalue weighted by molar-refractivity contribution is 0.0982. The molecule has 6 rings (SSSR count). The number of nitrogens with one attached hydrogen (secondary N) is 2. The Morgan fingerprint density at radius 3 is 2.30 bits per heavy atom. The van der Waals surface area contributed by atoms with Gasteiger partial charge in [-0.05, 0) is 57.3 Å². The lowest BCUT2D eigenvalue weighted by atomic mass is 9.99. The van der Waals surface area contributed by atoms with Crippen molar-refractivity contribution >= 4 is 53.0 Å². The van der Waals surface area contributed by atoms with E-state index in [1.165, 1.54) is 55.6 Å². The largest absolute Gasteiger partial charge is 0.494 e. The number of para-hydroxylation sites is 1. The molecule has 2 aliphatic rings. The maximum Gasteiger partial charge on any atom is 0.229 e. The number of methoxy groups -OCH3 is 2. The van der Waals surface area contributed by atoms with Crippen LogP contribution in [0.2, 0.25) is 0 Å². The van der Waals surface area contributed by atoms with Crippen LogP contribution in [0.1, 0.15) is 25.3 Å². The smallest absolute Gasteiger partial charge is 0.229 e. The van der Waals surface area contributed by atoms with Gasteiger partial charge in [-0.15, -0.1) is 0 Å². The van der Waals surface area contributed by atoms with Crippen molar-refractivity contribution in [2.45, 2.75) is 32.2 Å². The second kappa shape index (κ2) is 14.4. The Kier molecular flexibility index (Phi) is 10.1. The number of rotatable bonds is 10. The second-order valence-electron chi connectivity index (χ2n) is 12.4. The number of aromatic nitrogens is 3. The highest BCUT2D eigenvalue weighted by atomic mass is 31.1. The first kappa shape index (κ1) is 32.2. The van der Waals surface area contributed by atoms with Crippen molar-refractivity contribution < 1.29 is 9.47 Å². The number of anilines is 5. The van der Waals surface area contributed by atoms with Gasteiger partial charge >= 0.3 is 0 Å². The monoisotopic (exact) mass is 642 g/mol. The fourth-order valence-electron chi connectivity index (χ4n) is 6.74. The molecule has 2 aromatic heterocycles. The van der Waals surface area contributed by atoms with Crippen molar-refractivity contribution in [3.8, 4) is 11.5 Å². The zero-order valence-electron chi connectivity index (χ0n) is 28.0. The first-order valence-electron chi connectivity index (χ1n) is 16.3. The summed E-state index contributed by atoms with van der Waals surface area (Å²) in [4.78, 5) is 21.8. The molecule has 0 amide bonds. The number of ether oxygens (including phenoxy) is 2. The summed E-state index contributed by atoms with van der Waals surface area (Å²) in [5.74, 6) is 2.35. The topological polar surface area (TPSA) is 90.9 Å². The Labute approximate surface area is 274 Å². The summed E-state index contributed by atoms with van der Waals surface area (Å²) in [6, 6.07) is 13.3. The van der Waals surface area contributed by atoms with E-state index in [4.69, 9.17) is 19.4 Å². The summed E-state index contributed by atoms with van der Waals surface area (Å²) in [5.41, 5.74) is 5.28. The summed E-state index contributed by atoms with van der Waals surface area (Å²) < 4.78 is 11.6. The number of nitrogens with zero attached hydrogens (tertiary/aromatic N) is 6. The Bertz CT molecular complexity index is 1650. The number of hydrogen-bond acceptors (Lipinski definition) is 10. The van der Waals surface area contributed by atoms with Crippen molar-refractivity contribution in [3.63, 3.8) is 0 Å². The molecule has 10 nitrogen and oxygen atoms in total. The number of piperidine rings is 1. The zero-order valence-corrected chi connectivity index (χ0v) is 28.9. The van der Waals surface area contributed by atoms with Gasteiger partial charge in [-0.2, -0.15) is 4.98 Å². The molecule has 4 heterocycles. The van der Waals surface area contributed by atoms with E-state index in [0.29, 0.717) is 23.6 Å². The van der Waals surface area contributed by atoms with Gasteiger partial charge in [0.15, 0.2) is 11.6 Å². The Balaban J connectivity index is 1.23. The Morgan fingerprint density at radius 2 is 1.61 bits per heavy atom. The van der Waals surface area contributed by atoms with E-state index in [-0.39, 0.29) is 0 Å². The lowest BCUT2D eigenvalue weighted by Crippen LogP contribution is -2.52. The van der Waals surface area contributed by atoms with Crippen LogP contribution in [0.4, 0.5) is 28.8 Å². The third-order valence-corrected chi connectivity index (χ3v) is 10.7. The fraction of sp³-hybridized carbons (Fsp3) is 0.457. The van der Waals surface area contributed by atoms with Crippen LogP contribution >= 0.6 is 7.92 Å². The van der Waals surface area contributed by atoms with E-state index in [1.54, 1.807) is 20.4 Å². The molecule has 0 radical (unpaired) electrons. The van der Waals surface area contributed by atoms with Gasteiger partial charge in [0.05, 0.1) is 43.5 Å². The Morgan fingerprint density at radius 1 is 0.870 bits per heavy atom. The SMILES string of the molecule is CCc1cc(Nc2ncc(OC)c(Nc3cnc4ccccc4c3P(C)C)n2)c(OC)cc1N1CCC(N2CCN(C)CC2)CC1. The van der Waals surface area contributed by atoms with E-state index in [0.717, 1.165) is 47.5 Å². The van der Waals surface area contributed by atoms with Crippen molar-refractivity contribution in [1.29, 1.82) is 0 Å². The van der Waals surface area contributed by atoms with Crippen LogP contribution in [0, 0.1) is 0 Å². The normalized spacial score (nSPS) is 16.6. The highest BCUT2D eigenvalue weighted by Crippen LogP contribution is 2.38. The van der Waals surface area contributed by atoms with Gasteiger partial charge in [0, 0.05) is 67.8 Å². The highest BCUT2D eigenvalue weighted by Gasteiger charge is 2.28. The van der Waals surface area contributed by atoms with Crippen molar-refractivity contribution in [1.82, 2.24) is 24.8 Å². The van der Waals surface area contributed by atoms with Crippen molar-refractivity contribution in [3.05, 3.63) is 54.4 Å². The zero-order chi connectivity index (χ0) is 32.2. The number of pyridine rings is 1. The molecule has 2 aromatic carbocycles. The molecule has 2 N–H and O–H groups in total. The maximum atomic E-state index is 5.92. The molecule has 2 aliphatic heterocycles. The minimum absolute atomic E-state index is 0.430. The van der Waals surface area contributed by atoms with Gasteiger partial charge in [-0.1, -0.05) is 33.0 Å². The summed E-state index contributed by atoms with van der Waals surface area (Å²) >= 11 is 0. The number of hydrogen-bond donors (Lipinski definition) is 2. The van der Waals surface area contributed by atoms with E-state index < -0.39 is 7.92 Å². The van der Waals surface area contributed by atoms with Gasteiger partial charge in [0.1, 0.15) is 5.75 Å². The predicted molar refractivity (Wildman–Crippen MR) is 192 cm³/mol. The molecule has 0 atom stereocenters. The highest BCUT2D eigenvalue weighted by molar-refractivity contribution is 7.65. The molecule has 4 aromatic rings. The molecule has 11 heteroatoms. The predicted octanol–water partition coefficient (Wildman–Crippen LogP) is 5.67. The molecule has 0 bridgehead atoms. The van der Waals surface area contributed by atoms with Crippen LogP contribution in [-0.2, 0) is 6.42 Å². The molecular formula is C35H47N8O2P.